The lowest BCUT2D eigenvalue weighted by atomic mass is 9.87. The average molecular weight is 485 g/mol. The van der Waals surface area contributed by atoms with Crippen molar-refractivity contribution in [1.29, 1.82) is 0 Å². The fourth-order valence-corrected chi connectivity index (χ4v) is 11.2. The largest absolute Gasteiger partial charge is 0.153 e. The summed E-state index contributed by atoms with van der Waals surface area (Å²) in [6, 6.07) is 28.7. The van der Waals surface area contributed by atoms with E-state index in [9.17, 15) is 0 Å². The molecule has 0 amide bonds. The van der Waals surface area contributed by atoms with Crippen molar-refractivity contribution >= 4 is 23.6 Å². The molecule has 0 nitrogen and oxygen atoms in total. The highest BCUT2D eigenvalue weighted by atomic mass is 28.3. The molecule has 0 saturated carbocycles. The first kappa shape index (κ1) is 27.5. The van der Waals surface area contributed by atoms with Crippen molar-refractivity contribution in [1.82, 2.24) is 0 Å². The van der Waals surface area contributed by atoms with Crippen LogP contribution in [0, 0.1) is 0 Å². The maximum Gasteiger partial charge on any atom is 0.153 e. The van der Waals surface area contributed by atoms with Gasteiger partial charge in [0.15, 0.2) is 8.07 Å². The number of benzene rings is 3. The standard InChI is InChI=1S/C34H48Si/c1-31(2,3)25-16-13-19-28(22-25)35(34(10,11)12,29-20-14-17-26(23-29)32(4,5)6)30-21-15-18-27(24-30)33(7,8)9/h13-24H,1-12H3. The van der Waals surface area contributed by atoms with Crippen LogP contribution in [-0.2, 0) is 16.2 Å². The van der Waals surface area contributed by atoms with Crippen molar-refractivity contribution in [3.8, 4) is 0 Å². The zero-order valence-corrected chi connectivity index (χ0v) is 25.4. The van der Waals surface area contributed by atoms with Crippen molar-refractivity contribution in [2.75, 3.05) is 0 Å². The summed E-state index contributed by atoms with van der Waals surface area (Å²) in [7, 11) is -2.46. The first-order chi connectivity index (χ1) is 15.9. The van der Waals surface area contributed by atoms with Crippen LogP contribution in [0.2, 0.25) is 5.04 Å². The highest BCUT2D eigenvalue weighted by molar-refractivity contribution is 7.13. The molecular formula is C34H48Si. The van der Waals surface area contributed by atoms with E-state index in [2.05, 4.69) is 156 Å². The molecule has 0 saturated heterocycles. The van der Waals surface area contributed by atoms with Gasteiger partial charge in [-0.1, -0.05) is 156 Å². The van der Waals surface area contributed by atoms with Crippen LogP contribution in [0.25, 0.3) is 0 Å². The fraction of sp³-hybridized carbons (Fsp3) is 0.471. The van der Waals surface area contributed by atoms with Crippen molar-refractivity contribution in [3.63, 3.8) is 0 Å². The third-order valence-electron chi connectivity index (χ3n) is 7.61. The van der Waals surface area contributed by atoms with Crippen molar-refractivity contribution in [2.45, 2.75) is 104 Å². The molecular weight excluding hydrogens is 436 g/mol. The average Bonchev–Trinajstić information content (AvgIpc) is 2.72. The summed E-state index contributed by atoms with van der Waals surface area (Å²) in [5.74, 6) is 0. The lowest BCUT2D eigenvalue weighted by Gasteiger charge is -2.46. The molecule has 3 aromatic carbocycles. The molecule has 0 fully saturated rings. The van der Waals surface area contributed by atoms with E-state index in [1.807, 2.05) is 0 Å². The van der Waals surface area contributed by atoms with Gasteiger partial charge in [-0.15, -0.1) is 0 Å². The van der Waals surface area contributed by atoms with Crippen LogP contribution in [0.15, 0.2) is 72.8 Å². The maximum absolute atomic E-state index is 2.53. The lowest BCUT2D eigenvalue weighted by molar-refractivity contribution is 0.590. The third-order valence-corrected chi connectivity index (χ3v) is 13.4. The van der Waals surface area contributed by atoms with E-state index in [4.69, 9.17) is 0 Å². The van der Waals surface area contributed by atoms with Crippen LogP contribution in [0.4, 0.5) is 0 Å². The second kappa shape index (κ2) is 9.07. The van der Waals surface area contributed by atoms with Crippen molar-refractivity contribution in [2.24, 2.45) is 0 Å². The quantitative estimate of drug-likeness (QED) is 0.262. The Bertz CT molecular complexity index is 1030. The predicted molar refractivity (Wildman–Crippen MR) is 160 cm³/mol. The maximum atomic E-state index is 2.53. The van der Waals surface area contributed by atoms with Gasteiger partial charge in [0.05, 0.1) is 0 Å². The van der Waals surface area contributed by atoms with E-state index in [0.29, 0.717) is 0 Å². The summed E-state index contributed by atoms with van der Waals surface area (Å²) >= 11 is 0. The normalized spacial score (nSPS) is 13.7. The van der Waals surface area contributed by atoms with Crippen LogP contribution >= 0.6 is 0 Å². The molecule has 3 aromatic rings. The second-order valence-electron chi connectivity index (χ2n) is 14.5. The summed E-state index contributed by atoms with van der Waals surface area (Å²) in [4.78, 5) is 0. The van der Waals surface area contributed by atoms with E-state index in [1.54, 1.807) is 0 Å². The highest BCUT2D eigenvalue weighted by Crippen LogP contribution is 2.38. The Balaban J connectivity index is 2.52. The van der Waals surface area contributed by atoms with Crippen LogP contribution in [0.5, 0.6) is 0 Å². The Kier molecular flexibility index (Phi) is 7.12. The predicted octanol–water partition coefficient (Wildman–Crippen LogP) is 7.85. The number of rotatable bonds is 3. The summed E-state index contributed by atoms with van der Waals surface area (Å²) in [5, 5.41) is 4.59. The number of hydrogen-bond donors (Lipinski definition) is 0. The Morgan fingerprint density at radius 3 is 0.857 bits per heavy atom. The smallest absolute Gasteiger partial charge is 0.0622 e. The molecule has 0 N–H and O–H groups in total. The molecule has 0 bridgehead atoms. The minimum Gasteiger partial charge on any atom is -0.0622 e. The molecule has 3 rings (SSSR count). The van der Waals surface area contributed by atoms with E-state index in [-0.39, 0.29) is 21.3 Å². The molecule has 188 valence electrons. The molecule has 0 aromatic heterocycles. The molecule has 0 aliphatic carbocycles. The summed E-state index contributed by atoms with van der Waals surface area (Å²) < 4.78 is 0. The Morgan fingerprint density at radius 1 is 0.400 bits per heavy atom. The van der Waals surface area contributed by atoms with E-state index in [1.165, 1.54) is 32.3 Å². The first-order valence-corrected chi connectivity index (χ1v) is 15.2. The summed E-state index contributed by atoms with van der Waals surface area (Å²) in [5.41, 5.74) is 4.55. The van der Waals surface area contributed by atoms with Gasteiger partial charge >= 0.3 is 0 Å². The Labute approximate surface area is 217 Å². The van der Waals surface area contributed by atoms with Gasteiger partial charge in [0.25, 0.3) is 0 Å². The van der Waals surface area contributed by atoms with Crippen LogP contribution < -0.4 is 15.6 Å². The summed E-state index contributed by atoms with van der Waals surface area (Å²) in [6.45, 7) is 28.3. The van der Waals surface area contributed by atoms with Crippen molar-refractivity contribution < 1.29 is 0 Å². The zero-order valence-electron chi connectivity index (χ0n) is 24.4. The molecule has 0 atom stereocenters. The lowest BCUT2D eigenvalue weighted by Crippen LogP contribution is -2.72. The molecule has 1 heteroatoms. The molecule has 35 heavy (non-hydrogen) atoms. The molecule has 0 radical (unpaired) electrons. The monoisotopic (exact) mass is 484 g/mol. The van der Waals surface area contributed by atoms with E-state index in [0.717, 1.165) is 0 Å². The molecule has 0 aliphatic rings. The van der Waals surface area contributed by atoms with Crippen LogP contribution in [0.3, 0.4) is 0 Å². The van der Waals surface area contributed by atoms with E-state index < -0.39 is 8.07 Å². The Morgan fingerprint density at radius 2 is 0.657 bits per heavy atom. The van der Waals surface area contributed by atoms with Gasteiger partial charge < -0.3 is 0 Å². The van der Waals surface area contributed by atoms with Crippen molar-refractivity contribution in [3.05, 3.63) is 89.5 Å². The molecule has 0 heterocycles. The molecule has 0 aliphatic heterocycles. The second-order valence-corrected chi connectivity index (χ2v) is 19.2. The molecule has 0 spiro atoms. The van der Waals surface area contributed by atoms with Gasteiger partial charge in [0.2, 0.25) is 0 Å². The minimum atomic E-state index is -2.46. The summed E-state index contributed by atoms with van der Waals surface area (Å²) in [6.07, 6.45) is 0. The van der Waals surface area contributed by atoms with Gasteiger partial charge in [-0.05, 0) is 53.5 Å². The SMILES string of the molecule is CC(C)(C)c1cccc([Si](c2cccc(C(C)(C)C)c2)(c2cccc(C(C)(C)C)c2)C(C)(C)C)c1. The highest BCUT2D eigenvalue weighted by Gasteiger charge is 2.50. The van der Waals surface area contributed by atoms with Gasteiger partial charge in [0.1, 0.15) is 0 Å². The van der Waals surface area contributed by atoms with Crippen LogP contribution in [0.1, 0.15) is 99.8 Å². The van der Waals surface area contributed by atoms with Gasteiger partial charge in [-0.2, -0.15) is 0 Å². The first-order valence-electron chi connectivity index (χ1n) is 13.2. The Hall–Kier alpha value is -2.12. The van der Waals surface area contributed by atoms with E-state index >= 15 is 0 Å². The van der Waals surface area contributed by atoms with Gasteiger partial charge in [0, 0.05) is 0 Å². The minimum absolute atomic E-state index is 0.0660. The van der Waals surface area contributed by atoms with Gasteiger partial charge in [-0.25, -0.2) is 0 Å². The topological polar surface area (TPSA) is 0 Å². The molecule has 0 unspecified atom stereocenters. The fourth-order valence-electron chi connectivity index (χ4n) is 5.46. The van der Waals surface area contributed by atoms with Crippen LogP contribution in [-0.4, -0.2) is 8.07 Å². The third kappa shape index (κ3) is 5.36. The van der Waals surface area contributed by atoms with Gasteiger partial charge in [-0.3, -0.25) is 0 Å². The number of hydrogen-bond acceptors (Lipinski definition) is 0. The zero-order chi connectivity index (χ0) is 26.4.